The fourth-order valence-electron chi connectivity index (χ4n) is 3.50. The highest BCUT2D eigenvalue weighted by molar-refractivity contribution is 7.90. The maximum absolute atomic E-state index is 11.7. The smallest absolute Gasteiger partial charge is 0.175 e. The predicted molar refractivity (Wildman–Crippen MR) is 96.0 cm³/mol. The quantitative estimate of drug-likeness (QED) is 0.846. The van der Waals surface area contributed by atoms with E-state index in [0.29, 0.717) is 4.90 Å². The molecule has 4 heteroatoms. The molecule has 0 N–H and O–H groups in total. The van der Waals surface area contributed by atoms with Crippen molar-refractivity contribution in [3.8, 4) is 0 Å². The fraction of sp³-hybridized carbons (Fsp3) is 0.250. The minimum absolute atomic E-state index is 0.164. The van der Waals surface area contributed by atoms with E-state index < -0.39 is 9.84 Å². The Kier molecular flexibility index (Phi) is 3.46. The number of hydrogen-bond donors (Lipinski definition) is 0. The molecular formula is C20H19NO2S. The lowest BCUT2D eigenvalue weighted by Crippen LogP contribution is -2.22. The average Bonchev–Trinajstić information content (AvgIpc) is 2.96. The van der Waals surface area contributed by atoms with Gasteiger partial charge in [0.1, 0.15) is 0 Å². The molecule has 1 saturated carbocycles. The second-order valence-electron chi connectivity index (χ2n) is 6.71. The molecule has 24 heavy (non-hydrogen) atoms. The van der Waals surface area contributed by atoms with E-state index in [4.69, 9.17) is 0 Å². The number of hydrogen-bond acceptors (Lipinski definition) is 3. The van der Waals surface area contributed by atoms with Crippen molar-refractivity contribution in [2.45, 2.75) is 24.2 Å². The van der Waals surface area contributed by atoms with Gasteiger partial charge in [0, 0.05) is 23.4 Å². The molecule has 2 aliphatic rings. The molecule has 0 saturated heterocycles. The Bertz CT molecular complexity index is 935. The van der Waals surface area contributed by atoms with E-state index in [1.807, 2.05) is 36.5 Å². The van der Waals surface area contributed by atoms with Gasteiger partial charge in [-0.3, -0.25) is 4.98 Å². The first-order valence-corrected chi connectivity index (χ1v) is 10.0. The summed E-state index contributed by atoms with van der Waals surface area (Å²) in [5, 5.41) is 0. The first-order chi connectivity index (χ1) is 11.5. The van der Waals surface area contributed by atoms with E-state index in [2.05, 4.69) is 17.1 Å². The normalized spacial score (nSPS) is 18.9. The van der Waals surface area contributed by atoms with Crippen LogP contribution < -0.4 is 0 Å². The zero-order chi connectivity index (χ0) is 16.8. The molecule has 122 valence electrons. The number of allylic oxidation sites excluding steroid dienone is 4. The highest BCUT2D eigenvalue weighted by Gasteiger charge is 2.38. The first kappa shape index (κ1) is 15.3. The Morgan fingerprint density at radius 1 is 0.958 bits per heavy atom. The van der Waals surface area contributed by atoms with Crippen LogP contribution in [0, 0.1) is 5.41 Å². The van der Waals surface area contributed by atoms with Crippen LogP contribution >= 0.6 is 0 Å². The molecule has 4 rings (SSSR count). The molecule has 0 atom stereocenters. The molecule has 0 bridgehead atoms. The van der Waals surface area contributed by atoms with Gasteiger partial charge in [0.05, 0.1) is 10.6 Å². The molecular weight excluding hydrogens is 318 g/mol. The Labute approximate surface area is 142 Å². The van der Waals surface area contributed by atoms with Crippen molar-refractivity contribution in [3.63, 3.8) is 0 Å². The Morgan fingerprint density at radius 2 is 1.67 bits per heavy atom. The molecule has 2 aromatic rings. The lowest BCUT2D eigenvalue weighted by Gasteiger charge is -2.34. The topological polar surface area (TPSA) is 47.0 Å². The number of aromatic nitrogens is 1. The molecule has 0 amide bonds. The average molecular weight is 337 g/mol. The Balaban J connectivity index is 1.78. The molecule has 1 fully saturated rings. The van der Waals surface area contributed by atoms with Crippen molar-refractivity contribution >= 4 is 21.0 Å². The predicted octanol–water partition coefficient (Wildman–Crippen LogP) is 4.14. The summed E-state index contributed by atoms with van der Waals surface area (Å²) in [6.07, 6.45) is 11.3. The molecule has 0 aliphatic heterocycles. The third-order valence-corrected chi connectivity index (χ3v) is 6.10. The number of nitrogens with zero attached hydrogens (tertiary/aromatic N) is 1. The summed E-state index contributed by atoms with van der Waals surface area (Å²) >= 11 is 0. The van der Waals surface area contributed by atoms with Crippen LogP contribution in [0.2, 0.25) is 0 Å². The van der Waals surface area contributed by atoms with Crippen molar-refractivity contribution in [2.24, 2.45) is 5.41 Å². The molecule has 1 spiro atoms. The molecule has 1 aromatic carbocycles. The van der Waals surface area contributed by atoms with Gasteiger partial charge in [-0.1, -0.05) is 36.8 Å². The van der Waals surface area contributed by atoms with Gasteiger partial charge >= 0.3 is 0 Å². The summed E-state index contributed by atoms with van der Waals surface area (Å²) in [6.45, 7) is 0. The highest BCUT2D eigenvalue weighted by atomic mass is 32.2. The van der Waals surface area contributed by atoms with Gasteiger partial charge in [-0.2, -0.15) is 0 Å². The van der Waals surface area contributed by atoms with Gasteiger partial charge < -0.3 is 0 Å². The van der Waals surface area contributed by atoms with Crippen LogP contribution in [0.15, 0.2) is 65.7 Å². The molecule has 1 aromatic heterocycles. The number of sulfone groups is 1. The van der Waals surface area contributed by atoms with Gasteiger partial charge in [0.25, 0.3) is 0 Å². The van der Waals surface area contributed by atoms with Crippen LogP contribution in [0.1, 0.15) is 30.5 Å². The van der Waals surface area contributed by atoms with Gasteiger partial charge in [0.2, 0.25) is 0 Å². The van der Waals surface area contributed by atoms with Gasteiger partial charge in [-0.25, -0.2) is 8.42 Å². The van der Waals surface area contributed by atoms with Crippen molar-refractivity contribution in [2.75, 3.05) is 6.26 Å². The second kappa shape index (κ2) is 5.42. The van der Waals surface area contributed by atoms with Crippen LogP contribution in [0.25, 0.3) is 11.1 Å². The van der Waals surface area contributed by atoms with Crippen molar-refractivity contribution in [1.82, 2.24) is 4.98 Å². The number of pyridine rings is 1. The van der Waals surface area contributed by atoms with E-state index in [-0.39, 0.29) is 5.41 Å². The lowest BCUT2D eigenvalue weighted by molar-refractivity contribution is 0.282. The van der Waals surface area contributed by atoms with Crippen molar-refractivity contribution in [1.29, 1.82) is 0 Å². The van der Waals surface area contributed by atoms with Crippen LogP contribution in [-0.4, -0.2) is 19.7 Å². The van der Waals surface area contributed by atoms with Crippen LogP contribution in [0.5, 0.6) is 0 Å². The summed E-state index contributed by atoms with van der Waals surface area (Å²) in [4.78, 5) is 4.87. The Hall–Kier alpha value is -2.20. The Morgan fingerprint density at radius 3 is 2.21 bits per heavy atom. The maximum Gasteiger partial charge on any atom is 0.175 e. The molecule has 3 nitrogen and oxygen atoms in total. The van der Waals surface area contributed by atoms with E-state index in [9.17, 15) is 8.42 Å². The maximum atomic E-state index is 11.7. The van der Waals surface area contributed by atoms with Crippen LogP contribution in [0.4, 0.5) is 0 Å². The van der Waals surface area contributed by atoms with Crippen LogP contribution in [0.3, 0.4) is 0 Å². The SMILES string of the molecule is CS(=O)(=O)c1ccc(C2=CC3(C=C2c2ccccn2)CCC3)cc1. The van der Waals surface area contributed by atoms with Gasteiger partial charge in [-0.05, 0) is 48.2 Å². The van der Waals surface area contributed by atoms with E-state index in [0.717, 1.165) is 22.4 Å². The molecule has 0 unspecified atom stereocenters. The summed E-state index contributed by atoms with van der Waals surface area (Å²) in [5.41, 5.74) is 4.50. The third kappa shape index (κ3) is 2.61. The zero-order valence-corrected chi connectivity index (χ0v) is 14.4. The number of benzene rings is 1. The van der Waals surface area contributed by atoms with E-state index >= 15 is 0 Å². The fourth-order valence-corrected chi connectivity index (χ4v) is 4.13. The second-order valence-corrected chi connectivity index (χ2v) is 8.73. The van der Waals surface area contributed by atoms with Gasteiger partial charge in [0.15, 0.2) is 9.84 Å². The van der Waals surface area contributed by atoms with Crippen molar-refractivity contribution in [3.05, 3.63) is 72.1 Å². The minimum atomic E-state index is -3.17. The monoisotopic (exact) mass is 337 g/mol. The van der Waals surface area contributed by atoms with Gasteiger partial charge in [-0.15, -0.1) is 0 Å². The molecule has 1 heterocycles. The largest absolute Gasteiger partial charge is 0.256 e. The molecule has 0 radical (unpaired) electrons. The zero-order valence-electron chi connectivity index (χ0n) is 13.6. The summed E-state index contributed by atoms with van der Waals surface area (Å²) < 4.78 is 23.3. The molecule has 2 aliphatic carbocycles. The van der Waals surface area contributed by atoms with E-state index in [1.165, 1.54) is 25.5 Å². The van der Waals surface area contributed by atoms with E-state index in [1.54, 1.807) is 12.1 Å². The first-order valence-electron chi connectivity index (χ1n) is 8.15. The number of rotatable bonds is 3. The van der Waals surface area contributed by atoms with Crippen LogP contribution in [-0.2, 0) is 9.84 Å². The summed E-state index contributed by atoms with van der Waals surface area (Å²) in [7, 11) is -3.17. The summed E-state index contributed by atoms with van der Waals surface area (Å²) in [6, 6.07) is 13.1. The minimum Gasteiger partial charge on any atom is -0.256 e. The standard InChI is InChI=1S/C20H19NO2S/c1-24(22,23)16-8-6-15(7-9-16)17-13-20(10-4-11-20)14-18(17)19-5-2-3-12-21-19/h2-3,5-9,12-14H,4,10-11H2,1H3. The lowest BCUT2D eigenvalue weighted by atomic mass is 9.70. The van der Waals surface area contributed by atoms with Crippen molar-refractivity contribution < 1.29 is 8.42 Å². The third-order valence-electron chi connectivity index (χ3n) is 4.97. The highest BCUT2D eigenvalue weighted by Crippen LogP contribution is 2.53. The summed E-state index contributed by atoms with van der Waals surface area (Å²) in [5.74, 6) is 0.